The maximum atomic E-state index is 12.3. The van der Waals surface area contributed by atoms with E-state index in [1.54, 1.807) is 25.4 Å². The first-order chi connectivity index (χ1) is 15.5. The SMILES string of the molecule is CNN(O)CCNC(=O)c1ccc(-c2nc3ccc(N)c(C=N)c3c3c2CCCC3)cn1. The van der Waals surface area contributed by atoms with E-state index in [4.69, 9.17) is 16.1 Å². The molecule has 0 aliphatic heterocycles. The van der Waals surface area contributed by atoms with Crippen LogP contribution in [-0.4, -0.2) is 52.6 Å². The summed E-state index contributed by atoms with van der Waals surface area (Å²) in [6, 6.07) is 7.25. The predicted molar refractivity (Wildman–Crippen MR) is 124 cm³/mol. The Bertz CT molecular complexity index is 1160. The van der Waals surface area contributed by atoms with Gasteiger partial charge in [0.05, 0.1) is 17.8 Å². The molecule has 166 valence electrons. The lowest BCUT2D eigenvalue weighted by Gasteiger charge is -2.22. The number of amides is 1. The maximum Gasteiger partial charge on any atom is 0.269 e. The number of rotatable bonds is 7. The number of fused-ring (bicyclic) bond motifs is 3. The van der Waals surface area contributed by atoms with Gasteiger partial charge in [-0.1, -0.05) is 0 Å². The quantitative estimate of drug-likeness (QED) is 0.219. The predicted octanol–water partition coefficient (Wildman–Crippen LogP) is 2.31. The Balaban J connectivity index is 1.67. The molecule has 6 N–H and O–H groups in total. The summed E-state index contributed by atoms with van der Waals surface area (Å²) >= 11 is 0. The number of hydrazine groups is 1. The molecule has 0 atom stereocenters. The lowest BCUT2D eigenvalue weighted by molar-refractivity contribution is -0.128. The highest BCUT2D eigenvalue weighted by Crippen LogP contribution is 2.37. The number of aromatic nitrogens is 2. The first-order valence-corrected chi connectivity index (χ1v) is 10.7. The number of carbonyl (C=O) groups is 1. The second-order valence-corrected chi connectivity index (χ2v) is 7.77. The van der Waals surface area contributed by atoms with E-state index in [1.165, 1.54) is 17.3 Å². The molecule has 0 bridgehead atoms. The number of benzene rings is 1. The minimum absolute atomic E-state index is 0.246. The molecule has 1 aliphatic rings. The molecule has 4 rings (SSSR count). The summed E-state index contributed by atoms with van der Waals surface area (Å²) in [4.78, 5) is 21.6. The Kier molecular flexibility index (Phi) is 6.40. The molecule has 0 fully saturated rings. The Hall–Kier alpha value is -3.40. The van der Waals surface area contributed by atoms with Crippen molar-refractivity contribution in [1.82, 2.24) is 25.9 Å². The third-order valence-corrected chi connectivity index (χ3v) is 5.83. The molecule has 1 aromatic carbocycles. The van der Waals surface area contributed by atoms with Crippen molar-refractivity contribution in [2.45, 2.75) is 25.7 Å². The van der Waals surface area contributed by atoms with Crippen molar-refractivity contribution in [2.75, 3.05) is 25.9 Å². The number of hydroxylamine groups is 1. The molecule has 9 nitrogen and oxygen atoms in total. The minimum atomic E-state index is -0.305. The smallest absolute Gasteiger partial charge is 0.269 e. The van der Waals surface area contributed by atoms with E-state index >= 15 is 0 Å². The van der Waals surface area contributed by atoms with E-state index < -0.39 is 0 Å². The van der Waals surface area contributed by atoms with Crippen LogP contribution in [0.3, 0.4) is 0 Å². The van der Waals surface area contributed by atoms with Gasteiger partial charge in [0.2, 0.25) is 0 Å². The number of carbonyl (C=O) groups excluding carboxylic acids is 1. The molecule has 0 saturated carbocycles. The summed E-state index contributed by atoms with van der Waals surface area (Å²) in [5.41, 5.74) is 15.2. The van der Waals surface area contributed by atoms with E-state index in [0.717, 1.165) is 58.6 Å². The van der Waals surface area contributed by atoms with E-state index in [0.29, 0.717) is 11.4 Å². The fraction of sp³-hybridized carbons (Fsp3) is 0.304. The number of hydrogen-bond donors (Lipinski definition) is 5. The Morgan fingerprint density at radius 1 is 1.25 bits per heavy atom. The van der Waals surface area contributed by atoms with Gasteiger partial charge in [-0.05, 0) is 61.1 Å². The van der Waals surface area contributed by atoms with Gasteiger partial charge in [0.15, 0.2) is 0 Å². The van der Waals surface area contributed by atoms with Crippen LogP contribution in [0, 0.1) is 5.41 Å². The number of nitrogens with two attached hydrogens (primary N) is 1. The topological polar surface area (TPSA) is 140 Å². The van der Waals surface area contributed by atoms with Gasteiger partial charge in [0.1, 0.15) is 5.69 Å². The van der Waals surface area contributed by atoms with Crippen molar-refractivity contribution < 1.29 is 10.0 Å². The molecule has 0 radical (unpaired) electrons. The zero-order valence-corrected chi connectivity index (χ0v) is 18.0. The molecule has 32 heavy (non-hydrogen) atoms. The van der Waals surface area contributed by atoms with Gasteiger partial charge in [-0.15, -0.1) is 5.17 Å². The second kappa shape index (κ2) is 9.39. The normalized spacial score (nSPS) is 13.2. The van der Waals surface area contributed by atoms with Crippen LogP contribution in [0.4, 0.5) is 5.69 Å². The number of nitrogens with zero attached hydrogens (tertiary/aromatic N) is 3. The molecule has 2 heterocycles. The first kappa shape index (κ1) is 21.8. The van der Waals surface area contributed by atoms with Crippen molar-refractivity contribution in [3.63, 3.8) is 0 Å². The Morgan fingerprint density at radius 2 is 2.03 bits per heavy atom. The van der Waals surface area contributed by atoms with Crippen molar-refractivity contribution in [1.29, 1.82) is 5.41 Å². The van der Waals surface area contributed by atoms with Crippen LogP contribution in [0.25, 0.3) is 22.2 Å². The van der Waals surface area contributed by atoms with Gasteiger partial charge in [-0.25, -0.2) is 10.4 Å². The molecule has 0 saturated heterocycles. The van der Waals surface area contributed by atoms with Crippen molar-refractivity contribution in [2.24, 2.45) is 0 Å². The zero-order valence-electron chi connectivity index (χ0n) is 18.0. The number of nitrogens with one attached hydrogen (secondary N) is 3. The van der Waals surface area contributed by atoms with Crippen LogP contribution in [0.15, 0.2) is 30.5 Å². The maximum absolute atomic E-state index is 12.3. The summed E-state index contributed by atoms with van der Waals surface area (Å²) < 4.78 is 0. The van der Waals surface area contributed by atoms with Crippen LogP contribution < -0.4 is 16.5 Å². The van der Waals surface area contributed by atoms with Gasteiger partial charge in [0.25, 0.3) is 5.91 Å². The molecule has 9 heteroatoms. The van der Waals surface area contributed by atoms with Crippen molar-refractivity contribution in [3.8, 4) is 11.3 Å². The molecule has 1 aliphatic carbocycles. The van der Waals surface area contributed by atoms with Crippen LogP contribution in [-0.2, 0) is 12.8 Å². The lowest BCUT2D eigenvalue weighted by Crippen LogP contribution is -2.39. The highest BCUT2D eigenvalue weighted by molar-refractivity contribution is 6.05. The number of nitrogen functional groups attached to an aromatic ring is 1. The molecule has 2 aromatic heterocycles. The summed E-state index contributed by atoms with van der Waals surface area (Å²) in [7, 11) is 1.59. The highest BCUT2D eigenvalue weighted by atomic mass is 16.5. The standard InChI is InChI=1S/C23H27N7O2/c1-26-30(32)11-10-27-23(31)20-8-6-14(13-28-20)22-16-5-3-2-4-15(16)21-17(12-24)18(25)7-9-19(21)29-22/h6-9,12-13,24,26,32H,2-5,10-11,25H2,1H3,(H,27,31). The summed E-state index contributed by atoms with van der Waals surface area (Å²) in [5.74, 6) is -0.305. The molecular weight excluding hydrogens is 406 g/mol. The molecular formula is C23H27N7O2. The summed E-state index contributed by atoms with van der Waals surface area (Å²) in [6.45, 7) is 0.521. The molecule has 0 unspecified atom stereocenters. The van der Waals surface area contributed by atoms with Gasteiger partial charge < -0.3 is 16.5 Å². The van der Waals surface area contributed by atoms with E-state index in [-0.39, 0.29) is 19.0 Å². The summed E-state index contributed by atoms with van der Waals surface area (Å²) in [6.07, 6.45) is 7.00. The van der Waals surface area contributed by atoms with Gasteiger partial charge in [-0.2, -0.15) is 0 Å². The van der Waals surface area contributed by atoms with Crippen molar-refractivity contribution >= 4 is 28.7 Å². The molecule has 1 amide bonds. The third kappa shape index (κ3) is 4.18. The van der Waals surface area contributed by atoms with Gasteiger partial charge in [-0.3, -0.25) is 15.0 Å². The van der Waals surface area contributed by atoms with Crippen LogP contribution in [0.5, 0.6) is 0 Å². The molecule has 0 spiro atoms. The van der Waals surface area contributed by atoms with Crippen LogP contribution >= 0.6 is 0 Å². The lowest BCUT2D eigenvalue weighted by atomic mass is 9.85. The van der Waals surface area contributed by atoms with E-state index in [9.17, 15) is 10.0 Å². The fourth-order valence-corrected chi connectivity index (χ4v) is 4.21. The molecule has 3 aromatic rings. The number of anilines is 1. The minimum Gasteiger partial charge on any atom is -0.398 e. The second-order valence-electron chi connectivity index (χ2n) is 7.77. The average molecular weight is 434 g/mol. The first-order valence-electron chi connectivity index (χ1n) is 10.7. The fourth-order valence-electron chi connectivity index (χ4n) is 4.21. The third-order valence-electron chi connectivity index (χ3n) is 5.83. The van der Waals surface area contributed by atoms with E-state index in [1.807, 2.05) is 12.1 Å². The Labute approximate surface area is 186 Å². The van der Waals surface area contributed by atoms with E-state index in [2.05, 4.69) is 15.7 Å². The zero-order chi connectivity index (χ0) is 22.7. The number of aryl methyl sites for hydroxylation is 1. The van der Waals surface area contributed by atoms with Gasteiger partial charge in [0, 0.05) is 48.2 Å². The van der Waals surface area contributed by atoms with Crippen LogP contribution in [0.1, 0.15) is 40.0 Å². The number of hydrogen-bond acceptors (Lipinski definition) is 8. The highest BCUT2D eigenvalue weighted by Gasteiger charge is 2.22. The van der Waals surface area contributed by atoms with Crippen LogP contribution in [0.2, 0.25) is 0 Å². The summed E-state index contributed by atoms with van der Waals surface area (Å²) in [5, 5.41) is 21.8. The largest absolute Gasteiger partial charge is 0.398 e. The average Bonchev–Trinajstić information content (AvgIpc) is 2.83. The number of pyridine rings is 2. The Morgan fingerprint density at radius 3 is 2.72 bits per heavy atom. The van der Waals surface area contributed by atoms with Crippen molar-refractivity contribution in [3.05, 3.63) is 52.8 Å². The monoisotopic (exact) mass is 433 g/mol. The van der Waals surface area contributed by atoms with Gasteiger partial charge >= 0.3 is 0 Å².